The molecule has 0 aliphatic rings. The van der Waals surface area contributed by atoms with Gasteiger partial charge < -0.3 is 4.74 Å². The molecule has 0 radical (unpaired) electrons. The van der Waals surface area contributed by atoms with Crippen LogP contribution < -0.4 is 4.74 Å². The Bertz CT molecular complexity index is 341. The maximum atomic E-state index is 13.1. The van der Waals surface area contributed by atoms with Crippen molar-refractivity contribution < 1.29 is 9.13 Å². The molecule has 1 nitrogen and oxygen atoms in total. The number of benzene rings is 1. The predicted octanol–water partition coefficient (Wildman–Crippen LogP) is 3.76. The SMILES string of the molecule is C=C(CCl)COc1cc(Br)ccc1F. The summed E-state index contributed by atoms with van der Waals surface area (Å²) in [6, 6.07) is 4.51. The fraction of sp³-hybridized carbons (Fsp3) is 0.200. The first kappa shape index (κ1) is 11.5. The van der Waals surface area contributed by atoms with Crippen molar-refractivity contribution in [3.8, 4) is 5.75 Å². The van der Waals surface area contributed by atoms with Crippen LogP contribution in [-0.4, -0.2) is 12.5 Å². The molecule has 0 bridgehead atoms. The molecule has 0 amide bonds. The number of ether oxygens (including phenoxy) is 1. The predicted molar refractivity (Wildman–Crippen MR) is 59.5 cm³/mol. The summed E-state index contributed by atoms with van der Waals surface area (Å²) in [5, 5.41) is 0. The van der Waals surface area contributed by atoms with Gasteiger partial charge in [0.15, 0.2) is 11.6 Å². The van der Waals surface area contributed by atoms with E-state index in [0.717, 1.165) is 4.47 Å². The van der Waals surface area contributed by atoms with Crippen LogP contribution in [0.15, 0.2) is 34.8 Å². The second-order valence-electron chi connectivity index (χ2n) is 2.75. The molecule has 0 atom stereocenters. The largest absolute Gasteiger partial charge is 0.486 e. The topological polar surface area (TPSA) is 9.23 Å². The number of alkyl halides is 1. The first-order chi connectivity index (χ1) is 6.63. The van der Waals surface area contributed by atoms with E-state index in [-0.39, 0.29) is 12.4 Å². The lowest BCUT2D eigenvalue weighted by Gasteiger charge is -2.07. The molecule has 0 saturated carbocycles. The van der Waals surface area contributed by atoms with Gasteiger partial charge in [0, 0.05) is 10.4 Å². The van der Waals surface area contributed by atoms with Crippen LogP contribution in [0.3, 0.4) is 0 Å². The van der Waals surface area contributed by atoms with Crippen molar-refractivity contribution in [1.82, 2.24) is 0 Å². The normalized spacial score (nSPS) is 9.93. The van der Waals surface area contributed by atoms with Crippen molar-refractivity contribution in [1.29, 1.82) is 0 Å². The summed E-state index contributed by atoms with van der Waals surface area (Å²) in [5.41, 5.74) is 0.714. The maximum absolute atomic E-state index is 13.1. The van der Waals surface area contributed by atoms with Crippen LogP contribution in [0.1, 0.15) is 0 Å². The van der Waals surface area contributed by atoms with Gasteiger partial charge in [-0.05, 0) is 23.8 Å². The second-order valence-corrected chi connectivity index (χ2v) is 3.93. The van der Waals surface area contributed by atoms with E-state index in [1.807, 2.05) is 0 Å². The Morgan fingerprint density at radius 2 is 2.29 bits per heavy atom. The van der Waals surface area contributed by atoms with Gasteiger partial charge in [0.1, 0.15) is 6.61 Å². The van der Waals surface area contributed by atoms with Crippen molar-refractivity contribution in [3.05, 3.63) is 40.6 Å². The van der Waals surface area contributed by atoms with Gasteiger partial charge in [-0.25, -0.2) is 4.39 Å². The van der Waals surface area contributed by atoms with Crippen molar-refractivity contribution in [2.45, 2.75) is 0 Å². The lowest BCUT2D eigenvalue weighted by atomic mass is 10.3. The van der Waals surface area contributed by atoms with E-state index in [0.29, 0.717) is 11.5 Å². The van der Waals surface area contributed by atoms with Crippen molar-refractivity contribution in [2.75, 3.05) is 12.5 Å². The highest BCUT2D eigenvalue weighted by Crippen LogP contribution is 2.22. The third-order valence-electron chi connectivity index (χ3n) is 1.51. The van der Waals surface area contributed by atoms with Crippen LogP contribution >= 0.6 is 27.5 Å². The first-order valence-corrected chi connectivity index (χ1v) is 5.26. The Hall–Kier alpha value is -0.540. The highest BCUT2D eigenvalue weighted by atomic mass is 79.9. The lowest BCUT2D eigenvalue weighted by molar-refractivity contribution is 0.333. The first-order valence-electron chi connectivity index (χ1n) is 3.94. The molecule has 76 valence electrons. The molecular formula is C10H9BrClFO. The van der Waals surface area contributed by atoms with Gasteiger partial charge in [-0.3, -0.25) is 0 Å². The highest BCUT2D eigenvalue weighted by molar-refractivity contribution is 9.10. The van der Waals surface area contributed by atoms with E-state index >= 15 is 0 Å². The maximum Gasteiger partial charge on any atom is 0.165 e. The average molecular weight is 280 g/mol. The van der Waals surface area contributed by atoms with E-state index < -0.39 is 5.82 Å². The zero-order valence-corrected chi connectivity index (χ0v) is 9.74. The van der Waals surface area contributed by atoms with Crippen LogP contribution in [0.25, 0.3) is 0 Å². The third kappa shape index (κ3) is 3.31. The van der Waals surface area contributed by atoms with Crippen molar-refractivity contribution in [3.63, 3.8) is 0 Å². The molecule has 0 aliphatic heterocycles. The van der Waals surface area contributed by atoms with Gasteiger partial charge in [-0.15, -0.1) is 11.6 Å². The van der Waals surface area contributed by atoms with Crippen LogP contribution in [0.4, 0.5) is 4.39 Å². The van der Waals surface area contributed by atoms with Gasteiger partial charge in [0.05, 0.1) is 0 Å². The minimum Gasteiger partial charge on any atom is -0.486 e. The van der Waals surface area contributed by atoms with Crippen LogP contribution in [0, 0.1) is 5.82 Å². The molecule has 1 rings (SSSR count). The summed E-state index contributed by atoms with van der Waals surface area (Å²) in [7, 11) is 0. The van der Waals surface area contributed by atoms with E-state index in [1.165, 1.54) is 6.07 Å². The molecule has 0 aromatic heterocycles. The molecular weight excluding hydrogens is 270 g/mol. The standard InChI is InChI=1S/C10H9BrClFO/c1-7(5-12)6-14-10-4-8(11)2-3-9(10)13/h2-4H,1,5-6H2. The van der Waals surface area contributed by atoms with Gasteiger partial charge in [-0.2, -0.15) is 0 Å². The second kappa shape index (κ2) is 5.37. The summed E-state index contributed by atoms with van der Waals surface area (Å²) in [5.74, 6) is 0.122. The van der Waals surface area contributed by atoms with E-state index in [4.69, 9.17) is 16.3 Å². The fourth-order valence-electron chi connectivity index (χ4n) is 0.806. The van der Waals surface area contributed by atoms with E-state index in [9.17, 15) is 4.39 Å². The zero-order valence-electron chi connectivity index (χ0n) is 7.40. The molecule has 0 N–H and O–H groups in total. The van der Waals surface area contributed by atoms with Gasteiger partial charge in [0.25, 0.3) is 0 Å². The Labute approximate surface area is 95.7 Å². The molecule has 0 saturated heterocycles. The van der Waals surface area contributed by atoms with E-state index in [1.54, 1.807) is 12.1 Å². The summed E-state index contributed by atoms with van der Waals surface area (Å²) >= 11 is 8.73. The number of rotatable bonds is 4. The number of halogens is 3. The Kier molecular flexibility index (Phi) is 4.42. The third-order valence-corrected chi connectivity index (χ3v) is 2.39. The molecule has 0 spiro atoms. The molecule has 0 aliphatic carbocycles. The summed E-state index contributed by atoms with van der Waals surface area (Å²) in [6.45, 7) is 3.88. The van der Waals surface area contributed by atoms with Gasteiger partial charge in [-0.1, -0.05) is 22.5 Å². The lowest BCUT2D eigenvalue weighted by Crippen LogP contribution is -2.02. The minimum absolute atomic E-state index is 0.200. The summed E-state index contributed by atoms with van der Waals surface area (Å²) < 4.78 is 19.1. The van der Waals surface area contributed by atoms with Crippen molar-refractivity contribution >= 4 is 27.5 Å². The molecule has 0 unspecified atom stereocenters. The highest BCUT2D eigenvalue weighted by Gasteiger charge is 2.04. The van der Waals surface area contributed by atoms with Crippen molar-refractivity contribution in [2.24, 2.45) is 0 Å². The average Bonchev–Trinajstić information content (AvgIpc) is 2.19. The van der Waals surface area contributed by atoms with Gasteiger partial charge >= 0.3 is 0 Å². The Balaban J connectivity index is 2.66. The molecule has 0 fully saturated rings. The smallest absolute Gasteiger partial charge is 0.165 e. The van der Waals surface area contributed by atoms with E-state index in [2.05, 4.69) is 22.5 Å². The molecule has 4 heteroatoms. The molecule has 1 aromatic carbocycles. The Morgan fingerprint density at radius 1 is 1.57 bits per heavy atom. The Morgan fingerprint density at radius 3 is 2.93 bits per heavy atom. The van der Waals surface area contributed by atoms with Crippen LogP contribution in [-0.2, 0) is 0 Å². The molecule has 1 aromatic rings. The quantitative estimate of drug-likeness (QED) is 0.602. The number of hydrogen-bond donors (Lipinski definition) is 0. The number of hydrogen-bond acceptors (Lipinski definition) is 1. The van der Waals surface area contributed by atoms with Gasteiger partial charge in [0.2, 0.25) is 0 Å². The van der Waals surface area contributed by atoms with Crippen LogP contribution in [0.5, 0.6) is 5.75 Å². The molecule has 14 heavy (non-hydrogen) atoms. The van der Waals surface area contributed by atoms with Crippen LogP contribution in [0.2, 0.25) is 0 Å². The fourth-order valence-corrected chi connectivity index (χ4v) is 1.22. The zero-order chi connectivity index (χ0) is 10.6. The molecule has 0 heterocycles. The summed E-state index contributed by atoms with van der Waals surface area (Å²) in [4.78, 5) is 0. The monoisotopic (exact) mass is 278 g/mol. The summed E-state index contributed by atoms with van der Waals surface area (Å²) in [6.07, 6.45) is 0. The minimum atomic E-state index is -0.393.